The molecule has 0 aromatic heterocycles. The van der Waals surface area contributed by atoms with E-state index in [1.165, 1.54) is 24.3 Å². The first kappa shape index (κ1) is 22.0. The van der Waals surface area contributed by atoms with Crippen LogP contribution in [0.15, 0.2) is 30.3 Å². The lowest BCUT2D eigenvalue weighted by molar-refractivity contribution is 0.0768. The van der Waals surface area contributed by atoms with Gasteiger partial charge in [0.25, 0.3) is 0 Å². The van der Waals surface area contributed by atoms with Crippen molar-refractivity contribution >= 4 is 5.78 Å². The molecule has 152 valence electrons. The highest BCUT2D eigenvalue weighted by Crippen LogP contribution is 2.31. The van der Waals surface area contributed by atoms with Gasteiger partial charge in [0.2, 0.25) is 5.82 Å². The van der Waals surface area contributed by atoms with Gasteiger partial charge in [0, 0.05) is 19.1 Å². The fraction of sp³-hybridized carbons (Fsp3) is 0.409. The summed E-state index contributed by atoms with van der Waals surface area (Å²) in [4.78, 5) is 12.3. The molecule has 1 unspecified atom stereocenters. The second-order valence-electron chi connectivity index (χ2n) is 6.48. The van der Waals surface area contributed by atoms with E-state index < -0.39 is 17.5 Å². The fourth-order valence-corrected chi connectivity index (χ4v) is 3.06. The number of carbonyl (C=O) groups is 1. The minimum absolute atomic E-state index is 0.0443. The maximum Gasteiger partial charge on any atom is 0.201 e. The van der Waals surface area contributed by atoms with Crippen molar-refractivity contribution < 1.29 is 27.4 Å². The molecular weight excluding hydrogens is 369 g/mol. The van der Waals surface area contributed by atoms with E-state index in [0.29, 0.717) is 6.42 Å². The van der Waals surface area contributed by atoms with Crippen molar-refractivity contribution in [2.24, 2.45) is 0 Å². The largest absolute Gasteiger partial charge is 0.491 e. The van der Waals surface area contributed by atoms with Gasteiger partial charge in [-0.2, -0.15) is 4.39 Å². The lowest BCUT2D eigenvalue weighted by Gasteiger charge is -2.14. The first-order chi connectivity index (χ1) is 13.4. The standard InChI is InChI=1S/C22H25F3O3/c1-4-6-15(27-3)8-11-19(26)17-9-7-14(13-18(17)23)16-10-12-20(28-5-2)22(25)21(16)24/h7,9-10,12-13,15H,4-6,8,11H2,1-3H3. The molecule has 0 heterocycles. The van der Waals surface area contributed by atoms with Crippen LogP contribution in [0, 0.1) is 17.5 Å². The molecule has 0 saturated carbocycles. The molecule has 28 heavy (non-hydrogen) atoms. The summed E-state index contributed by atoms with van der Waals surface area (Å²) in [6, 6.07) is 6.39. The zero-order chi connectivity index (χ0) is 20.7. The Hall–Kier alpha value is -2.34. The number of rotatable bonds is 10. The van der Waals surface area contributed by atoms with Crippen molar-refractivity contribution in [2.45, 2.75) is 45.6 Å². The van der Waals surface area contributed by atoms with Crippen molar-refractivity contribution in [3.05, 3.63) is 53.3 Å². The Labute approximate surface area is 163 Å². The van der Waals surface area contributed by atoms with Crippen molar-refractivity contribution in [2.75, 3.05) is 13.7 Å². The highest BCUT2D eigenvalue weighted by Gasteiger charge is 2.19. The summed E-state index contributed by atoms with van der Waals surface area (Å²) in [6.07, 6.45) is 2.37. The molecule has 3 nitrogen and oxygen atoms in total. The summed E-state index contributed by atoms with van der Waals surface area (Å²) in [6.45, 7) is 3.88. The van der Waals surface area contributed by atoms with Gasteiger partial charge in [0.05, 0.1) is 18.3 Å². The van der Waals surface area contributed by atoms with Crippen molar-refractivity contribution in [1.82, 2.24) is 0 Å². The van der Waals surface area contributed by atoms with Gasteiger partial charge < -0.3 is 9.47 Å². The van der Waals surface area contributed by atoms with Gasteiger partial charge in [-0.05, 0) is 49.6 Å². The van der Waals surface area contributed by atoms with Gasteiger partial charge in [-0.25, -0.2) is 8.78 Å². The molecule has 0 fully saturated rings. The molecule has 0 bridgehead atoms. The highest BCUT2D eigenvalue weighted by molar-refractivity contribution is 5.96. The van der Waals surface area contributed by atoms with Gasteiger partial charge in [-0.1, -0.05) is 19.4 Å². The fourth-order valence-electron chi connectivity index (χ4n) is 3.06. The third-order valence-electron chi connectivity index (χ3n) is 4.56. The maximum atomic E-state index is 14.5. The van der Waals surface area contributed by atoms with Crippen molar-refractivity contribution in [1.29, 1.82) is 0 Å². The second kappa shape index (κ2) is 10.3. The molecule has 1 atom stereocenters. The summed E-state index contributed by atoms with van der Waals surface area (Å²) >= 11 is 0. The molecule has 0 spiro atoms. The van der Waals surface area contributed by atoms with Crippen LogP contribution in [-0.2, 0) is 4.74 Å². The third kappa shape index (κ3) is 5.13. The van der Waals surface area contributed by atoms with E-state index in [1.807, 2.05) is 6.92 Å². The SMILES string of the molecule is CCCC(CCC(=O)c1ccc(-c2ccc(OCC)c(F)c2F)cc1F)OC. The van der Waals surface area contributed by atoms with Crippen LogP contribution in [0.5, 0.6) is 5.75 Å². The molecule has 0 amide bonds. The van der Waals surface area contributed by atoms with Crippen LogP contribution in [0.25, 0.3) is 11.1 Å². The Morgan fingerprint density at radius 2 is 1.79 bits per heavy atom. The van der Waals surface area contributed by atoms with E-state index in [4.69, 9.17) is 9.47 Å². The first-order valence-electron chi connectivity index (χ1n) is 9.39. The summed E-state index contributed by atoms with van der Waals surface area (Å²) in [5, 5.41) is 0. The number of methoxy groups -OCH3 is 1. The van der Waals surface area contributed by atoms with Crippen molar-refractivity contribution in [3.63, 3.8) is 0 Å². The Kier molecular flexibility index (Phi) is 8.05. The number of Topliss-reactive ketones (excluding diaryl/α,β-unsaturated/α-hetero) is 1. The molecule has 2 aromatic rings. The molecule has 6 heteroatoms. The van der Waals surface area contributed by atoms with E-state index in [-0.39, 0.29) is 47.4 Å². The van der Waals surface area contributed by atoms with Crippen molar-refractivity contribution in [3.8, 4) is 16.9 Å². The normalized spacial score (nSPS) is 12.1. The number of ether oxygens (including phenoxy) is 2. The molecule has 0 saturated heterocycles. The predicted octanol–water partition coefficient (Wildman–Crippen LogP) is 5.95. The maximum absolute atomic E-state index is 14.5. The Morgan fingerprint density at radius 1 is 1.04 bits per heavy atom. The zero-order valence-electron chi connectivity index (χ0n) is 16.4. The average molecular weight is 394 g/mol. The molecule has 2 rings (SSSR count). The van der Waals surface area contributed by atoms with E-state index in [1.54, 1.807) is 14.0 Å². The number of carbonyl (C=O) groups excluding carboxylic acids is 1. The van der Waals surface area contributed by atoms with Gasteiger partial charge >= 0.3 is 0 Å². The van der Waals surface area contributed by atoms with Crippen LogP contribution in [0.2, 0.25) is 0 Å². The van der Waals surface area contributed by atoms with Crippen LogP contribution in [0.1, 0.15) is 49.9 Å². The average Bonchev–Trinajstić information content (AvgIpc) is 2.68. The number of halogens is 3. The second-order valence-corrected chi connectivity index (χ2v) is 6.48. The lowest BCUT2D eigenvalue weighted by Crippen LogP contribution is -2.13. The number of benzene rings is 2. The summed E-state index contributed by atoms with van der Waals surface area (Å²) < 4.78 is 53.2. The number of hydrogen-bond acceptors (Lipinski definition) is 3. The van der Waals surface area contributed by atoms with Gasteiger partial charge in [-0.3, -0.25) is 4.79 Å². The summed E-state index contributed by atoms with van der Waals surface area (Å²) in [7, 11) is 1.59. The minimum Gasteiger partial charge on any atom is -0.491 e. The van der Waals surface area contributed by atoms with E-state index in [0.717, 1.165) is 18.9 Å². The van der Waals surface area contributed by atoms with Crippen LogP contribution in [-0.4, -0.2) is 25.6 Å². The Balaban J connectivity index is 2.20. The van der Waals surface area contributed by atoms with E-state index >= 15 is 0 Å². The van der Waals surface area contributed by atoms with Crippen LogP contribution >= 0.6 is 0 Å². The van der Waals surface area contributed by atoms with Gasteiger partial charge in [0.1, 0.15) is 5.82 Å². The summed E-state index contributed by atoms with van der Waals surface area (Å²) in [5.41, 5.74) is -0.0163. The molecule has 0 radical (unpaired) electrons. The molecule has 0 N–H and O–H groups in total. The van der Waals surface area contributed by atoms with Crippen LogP contribution in [0.3, 0.4) is 0 Å². The first-order valence-corrected chi connectivity index (χ1v) is 9.39. The van der Waals surface area contributed by atoms with Crippen LogP contribution in [0.4, 0.5) is 13.2 Å². The third-order valence-corrected chi connectivity index (χ3v) is 4.56. The zero-order valence-corrected chi connectivity index (χ0v) is 16.4. The topological polar surface area (TPSA) is 35.5 Å². The molecule has 0 aliphatic rings. The van der Waals surface area contributed by atoms with Gasteiger partial charge in [-0.15, -0.1) is 0 Å². The van der Waals surface area contributed by atoms with Gasteiger partial charge in [0.15, 0.2) is 17.3 Å². The highest BCUT2D eigenvalue weighted by atomic mass is 19.2. The van der Waals surface area contributed by atoms with Crippen LogP contribution < -0.4 is 4.74 Å². The molecule has 0 aliphatic heterocycles. The van der Waals surface area contributed by atoms with E-state index in [2.05, 4.69) is 0 Å². The Bertz CT molecular complexity index is 821. The quantitative estimate of drug-likeness (QED) is 0.467. The molecular formula is C22H25F3O3. The predicted molar refractivity (Wildman–Crippen MR) is 102 cm³/mol. The molecule has 0 aliphatic carbocycles. The minimum atomic E-state index is -1.12. The Morgan fingerprint density at radius 3 is 2.39 bits per heavy atom. The molecule has 2 aromatic carbocycles. The number of ketones is 1. The number of hydrogen-bond donors (Lipinski definition) is 0. The van der Waals surface area contributed by atoms with E-state index in [9.17, 15) is 18.0 Å². The summed E-state index contributed by atoms with van der Waals surface area (Å²) in [5.74, 6) is -3.55. The monoisotopic (exact) mass is 394 g/mol. The lowest BCUT2D eigenvalue weighted by atomic mass is 9.98. The smallest absolute Gasteiger partial charge is 0.201 e.